The second-order valence-corrected chi connectivity index (χ2v) is 4.93. The largest absolute Gasteiger partial charge is 0.494 e. The molecule has 3 aromatic rings. The van der Waals surface area contributed by atoms with Crippen molar-refractivity contribution < 1.29 is 4.74 Å². The van der Waals surface area contributed by atoms with E-state index in [-0.39, 0.29) is 0 Å². The lowest BCUT2D eigenvalue weighted by Crippen LogP contribution is -2.00. The molecule has 0 aliphatic heterocycles. The molecule has 18 heavy (non-hydrogen) atoms. The van der Waals surface area contributed by atoms with Crippen LogP contribution in [-0.2, 0) is 0 Å². The summed E-state index contributed by atoms with van der Waals surface area (Å²) in [6, 6.07) is 7.67. The zero-order valence-corrected chi connectivity index (χ0v) is 10.9. The molecule has 0 aliphatic rings. The lowest BCUT2D eigenvalue weighted by molar-refractivity contribution is 0.419. The van der Waals surface area contributed by atoms with Crippen LogP contribution in [0.25, 0.3) is 15.3 Å². The van der Waals surface area contributed by atoms with E-state index < -0.39 is 0 Å². The van der Waals surface area contributed by atoms with Crippen LogP contribution in [-0.4, -0.2) is 21.9 Å². The Bertz CT molecular complexity index is 716. The van der Waals surface area contributed by atoms with Gasteiger partial charge >= 0.3 is 0 Å². The number of methoxy groups -OCH3 is 1. The first-order chi connectivity index (χ1) is 8.69. The molecule has 5 nitrogen and oxygen atoms in total. The lowest BCUT2D eigenvalue weighted by atomic mass is 10.3. The number of anilines is 1. The molecule has 0 saturated heterocycles. The third-order valence-corrected chi connectivity index (χ3v) is 3.63. The Kier molecular flexibility index (Phi) is 2.45. The van der Waals surface area contributed by atoms with E-state index >= 15 is 0 Å². The highest BCUT2D eigenvalue weighted by Gasteiger charge is 2.12. The van der Waals surface area contributed by atoms with Gasteiger partial charge in [-0.1, -0.05) is 17.4 Å². The second-order valence-electron chi connectivity index (χ2n) is 3.93. The quantitative estimate of drug-likeness (QED) is 0.768. The molecule has 0 aliphatic carbocycles. The fourth-order valence-corrected chi connectivity index (χ4v) is 2.80. The van der Waals surface area contributed by atoms with Crippen LogP contribution in [0.1, 0.15) is 5.69 Å². The number of thiazole rings is 1. The number of fused-ring (bicyclic) bond motifs is 1. The summed E-state index contributed by atoms with van der Waals surface area (Å²) in [5.74, 6) is 1.35. The van der Waals surface area contributed by atoms with Gasteiger partial charge in [0.05, 0.1) is 17.5 Å². The van der Waals surface area contributed by atoms with Crippen molar-refractivity contribution in [1.82, 2.24) is 14.8 Å². The van der Waals surface area contributed by atoms with E-state index in [9.17, 15) is 0 Å². The Labute approximate surface area is 108 Å². The molecule has 2 aromatic heterocycles. The number of aromatic nitrogens is 3. The van der Waals surface area contributed by atoms with Crippen LogP contribution in [0.5, 0.6) is 5.75 Å². The smallest absolute Gasteiger partial charge is 0.213 e. The number of para-hydroxylation sites is 1. The molecule has 0 saturated carbocycles. The summed E-state index contributed by atoms with van der Waals surface area (Å²) in [5, 5.41) is 5.08. The van der Waals surface area contributed by atoms with Crippen LogP contribution < -0.4 is 10.5 Å². The van der Waals surface area contributed by atoms with Gasteiger partial charge < -0.3 is 10.5 Å². The first-order valence-corrected chi connectivity index (χ1v) is 6.27. The highest BCUT2D eigenvalue weighted by atomic mass is 32.1. The minimum Gasteiger partial charge on any atom is -0.494 e. The van der Waals surface area contributed by atoms with Gasteiger partial charge in [0.1, 0.15) is 17.1 Å². The average Bonchev–Trinajstić information content (AvgIpc) is 2.91. The molecule has 0 amide bonds. The van der Waals surface area contributed by atoms with Gasteiger partial charge in [-0.15, -0.1) is 0 Å². The predicted molar refractivity (Wildman–Crippen MR) is 72.4 cm³/mol. The molecule has 0 atom stereocenters. The zero-order chi connectivity index (χ0) is 12.7. The predicted octanol–water partition coefficient (Wildman–Crippen LogP) is 2.38. The SMILES string of the molecule is COc1cccc2sc(-n3nc(C)cc3N)nc12. The van der Waals surface area contributed by atoms with Crippen molar-refractivity contribution in [2.45, 2.75) is 6.92 Å². The van der Waals surface area contributed by atoms with Gasteiger partial charge in [-0.05, 0) is 19.1 Å². The van der Waals surface area contributed by atoms with Crippen molar-refractivity contribution in [3.63, 3.8) is 0 Å². The Balaban J connectivity index is 2.22. The molecule has 0 radical (unpaired) electrons. The van der Waals surface area contributed by atoms with Crippen molar-refractivity contribution >= 4 is 27.4 Å². The van der Waals surface area contributed by atoms with Gasteiger partial charge in [0.2, 0.25) is 5.13 Å². The summed E-state index contributed by atoms with van der Waals surface area (Å²) < 4.78 is 8.00. The standard InChI is InChI=1S/C12H12N4OS/c1-7-6-10(13)16(15-7)12-14-11-8(17-2)4-3-5-9(11)18-12/h3-6H,13H2,1-2H3. The zero-order valence-electron chi connectivity index (χ0n) is 10.0. The Hall–Kier alpha value is -2.08. The number of benzene rings is 1. The van der Waals surface area contributed by atoms with E-state index in [2.05, 4.69) is 10.1 Å². The number of nitrogens with two attached hydrogens (primary N) is 1. The maximum atomic E-state index is 5.90. The van der Waals surface area contributed by atoms with Crippen molar-refractivity contribution in [1.29, 1.82) is 0 Å². The number of nitrogens with zero attached hydrogens (tertiary/aromatic N) is 3. The Morgan fingerprint density at radius 2 is 2.22 bits per heavy atom. The molecule has 3 rings (SSSR count). The molecule has 2 heterocycles. The molecule has 2 N–H and O–H groups in total. The van der Waals surface area contributed by atoms with E-state index in [4.69, 9.17) is 10.5 Å². The van der Waals surface area contributed by atoms with Crippen LogP contribution in [0, 0.1) is 6.92 Å². The molecular formula is C12H12N4OS. The number of rotatable bonds is 2. The Morgan fingerprint density at radius 3 is 2.89 bits per heavy atom. The summed E-state index contributed by atoms with van der Waals surface area (Å²) in [6.45, 7) is 1.90. The number of hydrogen-bond donors (Lipinski definition) is 1. The number of aryl methyl sites for hydroxylation is 1. The van der Waals surface area contributed by atoms with Crippen LogP contribution >= 0.6 is 11.3 Å². The summed E-state index contributed by atoms with van der Waals surface area (Å²) in [5.41, 5.74) is 7.62. The van der Waals surface area contributed by atoms with Crippen molar-refractivity contribution in [3.8, 4) is 10.9 Å². The molecule has 6 heteroatoms. The molecule has 0 fully saturated rings. The molecule has 0 bridgehead atoms. The summed E-state index contributed by atoms with van der Waals surface area (Å²) >= 11 is 1.54. The lowest BCUT2D eigenvalue weighted by Gasteiger charge is -1.98. The summed E-state index contributed by atoms with van der Waals surface area (Å²) in [6.07, 6.45) is 0. The first kappa shape index (κ1) is 11.0. The van der Waals surface area contributed by atoms with Gasteiger partial charge in [0.15, 0.2) is 0 Å². The molecular weight excluding hydrogens is 248 g/mol. The van der Waals surface area contributed by atoms with Gasteiger partial charge in [-0.2, -0.15) is 9.78 Å². The Morgan fingerprint density at radius 1 is 1.39 bits per heavy atom. The monoisotopic (exact) mass is 260 g/mol. The minimum atomic E-state index is 0.588. The minimum absolute atomic E-state index is 0.588. The number of hydrogen-bond acceptors (Lipinski definition) is 5. The highest BCUT2D eigenvalue weighted by Crippen LogP contribution is 2.31. The maximum Gasteiger partial charge on any atom is 0.213 e. The van der Waals surface area contributed by atoms with Crippen molar-refractivity contribution in [3.05, 3.63) is 30.0 Å². The third kappa shape index (κ3) is 1.62. The maximum absolute atomic E-state index is 5.90. The highest BCUT2D eigenvalue weighted by molar-refractivity contribution is 7.20. The van der Waals surface area contributed by atoms with Crippen molar-refractivity contribution in [2.75, 3.05) is 12.8 Å². The van der Waals surface area contributed by atoms with E-state index in [0.717, 1.165) is 26.8 Å². The fraction of sp³-hybridized carbons (Fsp3) is 0.167. The molecule has 0 unspecified atom stereocenters. The first-order valence-electron chi connectivity index (χ1n) is 5.45. The summed E-state index contributed by atoms with van der Waals surface area (Å²) in [4.78, 5) is 4.54. The summed E-state index contributed by atoms with van der Waals surface area (Å²) in [7, 11) is 1.64. The van der Waals surface area contributed by atoms with E-state index in [1.165, 1.54) is 11.3 Å². The number of ether oxygens (including phenoxy) is 1. The van der Waals surface area contributed by atoms with Crippen LogP contribution in [0.4, 0.5) is 5.82 Å². The van der Waals surface area contributed by atoms with E-state index in [0.29, 0.717) is 5.82 Å². The normalized spacial score (nSPS) is 11.0. The third-order valence-electron chi connectivity index (χ3n) is 2.63. The van der Waals surface area contributed by atoms with Gasteiger partial charge in [0, 0.05) is 6.07 Å². The topological polar surface area (TPSA) is 66.0 Å². The molecule has 0 spiro atoms. The van der Waals surface area contributed by atoms with Crippen LogP contribution in [0.2, 0.25) is 0 Å². The number of nitrogen functional groups attached to an aromatic ring is 1. The molecule has 92 valence electrons. The van der Waals surface area contributed by atoms with Crippen molar-refractivity contribution in [2.24, 2.45) is 0 Å². The second kappa shape index (κ2) is 3.99. The average molecular weight is 260 g/mol. The van der Waals surface area contributed by atoms with Gasteiger partial charge in [0.25, 0.3) is 0 Å². The van der Waals surface area contributed by atoms with E-state index in [1.54, 1.807) is 11.8 Å². The fourth-order valence-electron chi connectivity index (χ4n) is 1.84. The van der Waals surface area contributed by atoms with Gasteiger partial charge in [-0.25, -0.2) is 4.98 Å². The van der Waals surface area contributed by atoms with Gasteiger partial charge in [-0.3, -0.25) is 0 Å². The van der Waals surface area contributed by atoms with E-state index in [1.807, 2.05) is 31.2 Å². The van der Waals surface area contributed by atoms with Crippen LogP contribution in [0.3, 0.4) is 0 Å². The van der Waals surface area contributed by atoms with Crippen LogP contribution in [0.15, 0.2) is 24.3 Å². The molecule has 1 aromatic carbocycles.